The molecule has 374 valence electrons. The molecular weight excluding hydrogens is 852 g/mol. The number of aliphatic hydroxyl groups is 5. The first-order valence-electron chi connectivity index (χ1n) is 24.7. The summed E-state index contributed by atoms with van der Waals surface area (Å²) in [7, 11) is -5.14. The topological polar surface area (TPSA) is 210 Å². The highest BCUT2D eigenvalue weighted by atomic mass is 31.2. The summed E-state index contributed by atoms with van der Waals surface area (Å²) in [5, 5.41) is 50.2. The number of aliphatic hydroxyl groups excluding tert-OH is 5. The number of esters is 2. The number of allylic oxidation sites excluding steroid dienone is 12. The molecule has 0 aromatic rings. The van der Waals surface area contributed by atoms with Crippen LogP contribution in [0.25, 0.3) is 0 Å². The van der Waals surface area contributed by atoms with Crippen LogP contribution in [0, 0.1) is 0 Å². The molecule has 1 rings (SSSR count). The lowest BCUT2D eigenvalue weighted by Gasteiger charge is -2.41. The summed E-state index contributed by atoms with van der Waals surface area (Å²) in [6.45, 7) is 3.12. The lowest BCUT2D eigenvalue weighted by Crippen LogP contribution is -2.64. The van der Waals surface area contributed by atoms with Crippen LogP contribution in [0.3, 0.4) is 0 Å². The average Bonchev–Trinajstić information content (AvgIpc) is 3.29. The van der Waals surface area contributed by atoms with Crippen LogP contribution in [-0.4, -0.2) is 98.3 Å². The van der Waals surface area contributed by atoms with Gasteiger partial charge in [-0.05, 0) is 70.6 Å². The molecule has 1 aliphatic rings. The van der Waals surface area contributed by atoms with E-state index >= 15 is 0 Å². The van der Waals surface area contributed by atoms with Gasteiger partial charge in [0.15, 0.2) is 6.10 Å². The fourth-order valence-corrected chi connectivity index (χ4v) is 8.07. The van der Waals surface area contributed by atoms with E-state index in [0.29, 0.717) is 12.8 Å². The number of carbonyl (C=O) groups excluding carboxylic acids is 2. The molecule has 1 fully saturated rings. The van der Waals surface area contributed by atoms with Gasteiger partial charge in [0.25, 0.3) is 0 Å². The largest absolute Gasteiger partial charge is 0.472 e. The zero-order chi connectivity index (χ0) is 47.8. The van der Waals surface area contributed by atoms with Crippen molar-refractivity contribution in [2.24, 2.45) is 0 Å². The molecule has 1 saturated carbocycles. The van der Waals surface area contributed by atoms with Gasteiger partial charge >= 0.3 is 19.8 Å². The minimum absolute atomic E-state index is 0.0129. The number of phosphoric acid groups is 1. The highest BCUT2D eigenvalue weighted by Crippen LogP contribution is 2.47. The maximum absolute atomic E-state index is 12.8. The van der Waals surface area contributed by atoms with Crippen LogP contribution in [-0.2, 0) is 32.7 Å². The monoisotopic (exact) mass is 939 g/mol. The Balaban J connectivity index is 2.40. The van der Waals surface area contributed by atoms with Gasteiger partial charge in [0.2, 0.25) is 0 Å². The lowest BCUT2D eigenvalue weighted by molar-refractivity contribution is -0.220. The summed E-state index contributed by atoms with van der Waals surface area (Å²) in [6, 6.07) is 0. The van der Waals surface area contributed by atoms with Crippen molar-refractivity contribution in [3.05, 3.63) is 72.9 Å². The number of carbonyl (C=O) groups is 2. The molecule has 0 saturated heterocycles. The van der Waals surface area contributed by atoms with Gasteiger partial charge in [-0.15, -0.1) is 0 Å². The van der Waals surface area contributed by atoms with E-state index < -0.39 is 75.7 Å². The zero-order valence-electron chi connectivity index (χ0n) is 39.8. The summed E-state index contributed by atoms with van der Waals surface area (Å²) in [5.74, 6) is -1.19. The van der Waals surface area contributed by atoms with Gasteiger partial charge in [-0.1, -0.05) is 170 Å². The number of rotatable bonds is 40. The highest BCUT2D eigenvalue weighted by molar-refractivity contribution is 7.47. The van der Waals surface area contributed by atoms with E-state index in [2.05, 4.69) is 74.6 Å². The predicted molar refractivity (Wildman–Crippen MR) is 258 cm³/mol. The maximum Gasteiger partial charge on any atom is 0.472 e. The Morgan fingerprint density at radius 3 is 1.40 bits per heavy atom. The molecular formula is C51H87O13P. The van der Waals surface area contributed by atoms with Crippen LogP contribution in [0.15, 0.2) is 72.9 Å². The third-order valence-corrected chi connectivity index (χ3v) is 12.0. The highest BCUT2D eigenvalue weighted by Gasteiger charge is 2.51. The standard InChI is InChI=1S/C51H87O13P/c1-3-5-7-9-11-13-15-17-18-19-20-21-22-23-24-25-26-28-29-31-33-35-37-39-44(52)61-41-43(42-62-65(59,60)64-51-49(57)47(55)46(54)48(56)50(51)58)63-45(53)40-38-36-34-32-30-27-16-14-12-10-8-6-4-2/h5,7,11,13,17-18,20-21,27,30,34,36,43,46-51,54-58H,3-4,6,8-10,12,14-16,19,22-26,28-29,31-33,35,37-42H2,1-2H3,(H,59,60)/b7-5+,13-11+,18-17+,21-20+,30-27+,36-34+/t43?,46?,47-,48?,49?,50?,51?/m0/s1. The minimum atomic E-state index is -5.14. The SMILES string of the molecule is CC/C=C/C/C=C/C/C=C/C/C=C/CCCCCCCCCCCCC(=O)OCC(COP(=O)(O)OC1C(O)C(O)C(O)[C@H](O)C1O)OC(=O)CC/C=C/C/C=C/CCCCCCCC. The Hall–Kier alpha value is -2.71. The Bertz CT molecular complexity index is 1410. The molecule has 0 amide bonds. The normalized spacial score (nSPS) is 22.0. The summed E-state index contributed by atoms with van der Waals surface area (Å²) in [6.07, 6.45) is 38.3. The summed E-state index contributed by atoms with van der Waals surface area (Å²) in [5.41, 5.74) is 0. The van der Waals surface area contributed by atoms with Crippen LogP contribution >= 0.6 is 7.82 Å². The Labute approximate surface area is 391 Å². The van der Waals surface area contributed by atoms with E-state index in [9.17, 15) is 44.6 Å². The van der Waals surface area contributed by atoms with Gasteiger partial charge in [-0.3, -0.25) is 18.6 Å². The molecule has 0 bridgehead atoms. The van der Waals surface area contributed by atoms with Crippen molar-refractivity contribution in [2.75, 3.05) is 13.2 Å². The summed E-state index contributed by atoms with van der Waals surface area (Å²) in [4.78, 5) is 35.7. The van der Waals surface area contributed by atoms with Gasteiger partial charge < -0.3 is 39.9 Å². The molecule has 13 nitrogen and oxygen atoms in total. The van der Waals surface area contributed by atoms with Crippen LogP contribution in [0.1, 0.15) is 181 Å². The van der Waals surface area contributed by atoms with Crippen molar-refractivity contribution in [2.45, 2.75) is 224 Å². The van der Waals surface area contributed by atoms with Crippen molar-refractivity contribution in [1.82, 2.24) is 0 Å². The average molecular weight is 939 g/mol. The molecule has 6 N–H and O–H groups in total. The second kappa shape index (κ2) is 40.4. The number of phosphoric ester groups is 1. The second-order valence-electron chi connectivity index (χ2n) is 16.9. The third-order valence-electron chi connectivity index (χ3n) is 11.0. The molecule has 8 atom stereocenters. The fourth-order valence-electron chi connectivity index (χ4n) is 7.10. The van der Waals surface area contributed by atoms with E-state index in [4.69, 9.17) is 18.5 Å². The number of ether oxygens (including phenoxy) is 2. The van der Waals surface area contributed by atoms with E-state index in [-0.39, 0.29) is 12.8 Å². The van der Waals surface area contributed by atoms with Crippen LogP contribution in [0.5, 0.6) is 0 Å². The van der Waals surface area contributed by atoms with Gasteiger partial charge in [0.1, 0.15) is 43.2 Å². The van der Waals surface area contributed by atoms with Gasteiger partial charge in [-0.25, -0.2) is 4.57 Å². The van der Waals surface area contributed by atoms with E-state index in [0.717, 1.165) is 70.6 Å². The zero-order valence-corrected chi connectivity index (χ0v) is 40.7. The quantitative estimate of drug-likeness (QED) is 0.0146. The Morgan fingerprint density at radius 2 is 0.908 bits per heavy atom. The molecule has 0 spiro atoms. The van der Waals surface area contributed by atoms with Crippen LogP contribution in [0.4, 0.5) is 0 Å². The van der Waals surface area contributed by atoms with Crippen molar-refractivity contribution in [1.29, 1.82) is 0 Å². The predicted octanol–water partition coefficient (Wildman–Crippen LogP) is 10.3. The Morgan fingerprint density at radius 1 is 0.492 bits per heavy atom. The molecule has 65 heavy (non-hydrogen) atoms. The molecule has 1 aliphatic carbocycles. The third kappa shape index (κ3) is 32.6. The number of hydrogen-bond acceptors (Lipinski definition) is 12. The molecule has 7 unspecified atom stereocenters. The van der Waals surface area contributed by atoms with Crippen LogP contribution < -0.4 is 0 Å². The molecule has 14 heteroatoms. The lowest BCUT2D eigenvalue weighted by atomic mass is 9.85. The van der Waals surface area contributed by atoms with Crippen molar-refractivity contribution >= 4 is 19.8 Å². The smallest absolute Gasteiger partial charge is 0.462 e. The molecule has 0 aromatic carbocycles. The minimum Gasteiger partial charge on any atom is -0.462 e. The molecule has 0 aromatic heterocycles. The first-order chi connectivity index (χ1) is 31.4. The summed E-state index contributed by atoms with van der Waals surface area (Å²) < 4.78 is 33.5. The van der Waals surface area contributed by atoms with Crippen LogP contribution in [0.2, 0.25) is 0 Å². The van der Waals surface area contributed by atoms with Crippen molar-refractivity contribution < 1.29 is 63.1 Å². The van der Waals surface area contributed by atoms with Gasteiger partial charge in [0, 0.05) is 12.8 Å². The first kappa shape index (κ1) is 60.3. The van der Waals surface area contributed by atoms with E-state index in [1.165, 1.54) is 70.6 Å². The number of hydrogen-bond donors (Lipinski definition) is 6. The first-order valence-corrected chi connectivity index (χ1v) is 26.2. The van der Waals surface area contributed by atoms with E-state index in [1.54, 1.807) is 0 Å². The molecule has 0 aliphatic heterocycles. The molecule has 0 heterocycles. The van der Waals surface area contributed by atoms with Crippen molar-refractivity contribution in [3.8, 4) is 0 Å². The Kier molecular flexibility index (Phi) is 37.5. The maximum atomic E-state index is 12.8. The van der Waals surface area contributed by atoms with Gasteiger partial charge in [0.05, 0.1) is 6.61 Å². The number of unbranched alkanes of at least 4 members (excludes halogenated alkanes) is 16. The van der Waals surface area contributed by atoms with Crippen molar-refractivity contribution in [3.63, 3.8) is 0 Å². The molecule has 0 radical (unpaired) electrons. The second-order valence-corrected chi connectivity index (χ2v) is 18.3. The fraction of sp³-hybridized carbons (Fsp3) is 0.725. The van der Waals surface area contributed by atoms with E-state index in [1.807, 2.05) is 12.2 Å². The summed E-state index contributed by atoms with van der Waals surface area (Å²) >= 11 is 0. The van der Waals surface area contributed by atoms with Gasteiger partial charge in [-0.2, -0.15) is 0 Å².